The first kappa shape index (κ1) is 15.7. The van der Waals surface area contributed by atoms with E-state index in [0.29, 0.717) is 27.4 Å². The zero-order valence-electron chi connectivity index (χ0n) is 12.4. The Morgan fingerprint density at radius 1 is 1.28 bits per heavy atom. The van der Waals surface area contributed by atoms with Crippen molar-refractivity contribution in [2.75, 3.05) is 0 Å². The molecule has 0 aliphatic heterocycles. The second kappa shape index (κ2) is 5.91. The molecule has 124 valence electrons. The molecular weight excluding hydrogens is 364 g/mol. The van der Waals surface area contributed by atoms with E-state index in [2.05, 4.69) is 15.0 Å². The number of halogens is 1. The van der Waals surface area contributed by atoms with E-state index in [9.17, 15) is 14.9 Å². The highest BCUT2D eigenvalue weighted by Crippen LogP contribution is 2.37. The topological polar surface area (TPSA) is 105 Å². The van der Waals surface area contributed by atoms with E-state index in [-0.39, 0.29) is 11.3 Å². The van der Waals surface area contributed by atoms with Gasteiger partial charge in [0.2, 0.25) is 0 Å². The molecule has 0 saturated carbocycles. The van der Waals surface area contributed by atoms with Crippen molar-refractivity contribution in [1.82, 2.24) is 15.0 Å². The summed E-state index contributed by atoms with van der Waals surface area (Å²) in [6, 6.07) is 8.38. The first-order chi connectivity index (χ1) is 12.1. The SMILES string of the molecule is O=Cc1c[nH]c2c(Sc3nc4cc(Cl)ccc4[nH]3)ccc([N+](=O)[O-])c12. The fraction of sp³-hybridized carbons (Fsp3) is 0. The molecule has 0 fully saturated rings. The average molecular weight is 373 g/mol. The van der Waals surface area contributed by atoms with Crippen molar-refractivity contribution in [3.05, 3.63) is 57.2 Å². The average Bonchev–Trinajstić information content (AvgIpc) is 3.18. The third kappa shape index (κ3) is 2.65. The Morgan fingerprint density at radius 3 is 2.88 bits per heavy atom. The molecule has 7 nitrogen and oxygen atoms in total. The van der Waals surface area contributed by atoms with Crippen molar-refractivity contribution in [3.8, 4) is 0 Å². The van der Waals surface area contributed by atoms with Crippen LogP contribution >= 0.6 is 23.4 Å². The van der Waals surface area contributed by atoms with E-state index >= 15 is 0 Å². The number of nitro benzene ring substituents is 1. The fourth-order valence-electron chi connectivity index (χ4n) is 2.67. The van der Waals surface area contributed by atoms with E-state index < -0.39 is 4.92 Å². The normalized spacial score (nSPS) is 11.2. The molecule has 2 N–H and O–H groups in total. The molecule has 0 saturated heterocycles. The summed E-state index contributed by atoms with van der Waals surface area (Å²) in [5, 5.41) is 12.7. The Morgan fingerprint density at radius 2 is 2.12 bits per heavy atom. The van der Waals surface area contributed by atoms with Crippen molar-refractivity contribution in [1.29, 1.82) is 0 Å². The minimum absolute atomic E-state index is 0.112. The van der Waals surface area contributed by atoms with Gasteiger partial charge in [0.15, 0.2) is 11.4 Å². The number of nitro groups is 1. The van der Waals surface area contributed by atoms with Gasteiger partial charge in [0, 0.05) is 27.7 Å². The Bertz CT molecular complexity index is 1150. The molecule has 0 bridgehead atoms. The number of hydrogen-bond donors (Lipinski definition) is 2. The van der Waals surface area contributed by atoms with Gasteiger partial charge in [0.1, 0.15) is 0 Å². The molecule has 0 radical (unpaired) electrons. The van der Waals surface area contributed by atoms with Gasteiger partial charge in [-0.1, -0.05) is 11.6 Å². The maximum Gasteiger partial charge on any atom is 0.279 e. The molecule has 9 heteroatoms. The van der Waals surface area contributed by atoms with E-state index in [1.54, 1.807) is 18.2 Å². The highest BCUT2D eigenvalue weighted by molar-refractivity contribution is 7.99. The van der Waals surface area contributed by atoms with Crippen LogP contribution in [0.4, 0.5) is 5.69 Å². The Hall–Kier alpha value is -2.84. The monoisotopic (exact) mass is 372 g/mol. The molecular formula is C16H9ClN4O3S. The largest absolute Gasteiger partial charge is 0.359 e. The number of aldehydes is 1. The van der Waals surface area contributed by atoms with Crippen molar-refractivity contribution < 1.29 is 9.72 Å². The van der Waals surface area contributed by atoms with Crippen LogP contribution in [0.2, 0.25) is 5.02 Å². The van der Waals surface area contributed by atoms with Gasteiger partial charge in [-0.15, -0.1) is 0 Å². The van der Waals surface area contributed by atoms with E-state index in [0.717, 1.165) is 15.9 Å². The molecule has 0 unspecified atom stereocenters. The van der Waals surface area contributed by atoms with Gasteiger partial charge in [0.25, 0.3) is 5.69 Å². The van der Waals surface area contributed by atoms with Crippen LogP contribution in [0.25, 0.3) is 21.9 Å². The summed E-state index contributed by atoms with van der Waals surface area (Å²) in [6.07, 6.45) is 2.07. The number of imidazole rings is 1. The minimum Gasteiger partial charge on any atom is -0.359 e. The lowest BCUT2D eigenvalue weighted by molar-refractivity contribution is -0.383. The first-order valence-corrected chi connectivity index (χ1v) is 8.33. The number of fused-ring (bicyclic) bond motifs is 2. The molecule has 0 amide bonds. The number of benzene rings is 2. The van der Waals surface area contributed by atoms with Crippen molar-refractivity contribution >= 4 is 57.3 Å². The predicted molar refractivity (Wildman–Crippen MR) is 95.6 cm³/mol. The smallest absolute Gasteiger partial charge is 0.279 e. The van der Waals surface area contributed by atoms with Gasteiger partial charge >= 0.3 is 0 Å². The molecule has 25 heavy (non-hydrogen) atoms. The fourth-order valence-corrected chi connectivity index (χ4v) is 3.75. The second-order valence-corrected chi connectivity index (χ2v) is 6.72. The number of aromatic nitrogens is 3. The van der Waals surface area contributed by atoms with Crippen LogP contribution in [0.1, 0.15) is 10.4 Å². The molecule has 2 aromatic heterocycles. The minimum atomic E-state index is -0.499. The lowest BCUT2D eigenvalue weighted by Crippen LogP contribution is -1.91. The molecule has 0 atom stereocenters. The number of nitrogens with zero attached hydrogens (tertiary/aromatic N) is 2. The third-order valence-corrected chi connectivity index (χ3v) is 4.94. The number of nitrogens with one attached hydrogen (secondary N) is 2. The molecule has 0 aliphatic carbocycles. The Labute approximate surface area is 149 Å². The van der Waals surface area contributed by atoms with Crippen LogP contribution in [0.3, 0.4) is 0 Å². The van der Waals surface area contributed by atoms with Crippen molar-refractivity contribution in [2.45, 2.75) is 10.1 Å². The van der Waals surface area contributed by atoms with Crippen LogP contribution in [-0.4, -0.2) is 26.2 Å². The number of carbonyl (C=O) groups excluding carboxylic acids is 1. The number of H-pyrrole nitrogens is 2. The van der Waals surface area contributed by atoms with E-state index in [4.69, 9.17) is 11.6 Å². The molecule has 4 aromatic rings. The summed E-state index contributed by atoms with van der Waals surface area (Å²) in [7, 11) is 0. The van der Waals surface area contributed by atoms with Crippen molar-refractivity contribution in [3.63, 3.8) is 0 Å². The summed E-state index contributed by atoms with van der Waals surface area (Å²) >= 11 is 7.28. The highest BCUT2D eigenvalue weighted by atomic mass is 35.5. The van der Waals surface area contributed by atoms with Crippen LogP contribution in [0, 0.1) is 10.1 Å². The Kier molecular flexibility index (Phi) is 3.70. The van der Waals surface area contributed by atoms with Gasteiger partial charge in [-0.25, -0.2) is 4.98 Å². The highest BCUT2D eigenvalue weighted by Gasteiger charge is 2.20. The maximum atomic E-state index is 11.2. The molecule has 4 rings (SSSR count). The molecule has 2 aromatic carbocycles. The lowest BCUT2D eigenvalue weighted by Gasteiger charge is -2.02. The van der Waals surface area contributed by atoms with E-state index in [1.165, 1.54) is 24.0 Å². The Balaban J connectivity index is 1.83. The van der Waals surface area contributed by atoms with Crippen molar-refractivity contribution in [2.24, 2.45) is 0 Å². The van der Waals surface area contributed by atoms with E-state index in [1.807, 2.05) is 6.07 Å². The summed E-state index contributed by atoms with van der Waals surface area (Å²) in [4.78, 5) is 33.2. The zero-order valence-corrected chi connectivity index (χ0v) is 14.0. The number of rotatable bonds is 4. The third-order valence-electron chi connectivity index (χ3n) is 3.76. The van der Waals surface area contributed by atoms with Gasteiger partial charge < -0.3 is 9.97 Å². The van der Waals surface area contributed by atoms with Crippen LogP contribution in [0.15, 0.2) is 46.6 Å². The predicted octanol–water partition coefficient (Wildman–Crippen LogP) is 4.57. The molecule has 0 aliphatic rings. The van der Waals surface area contributed by atoms with Gasteiger partial charge in [-0.2, -0.15) is 0 Å². The van der Waals surface area contributed by atoms with Gasteiger partial charge in [0.05, 0.1) is 26.9 Å². The lowest BCUT2D eigenvalue weighted by atomic mass is 10.1. The number of hydrogen-bond acceptors (Lipinski definition) is 5. The van der Waals surface area contributed by atoms with Gasteiger partial charge in [-0.3, -0.25) is 14.9 Å². The van der Waals surface area contributed by atoms with Crippen LogP contribution in [0.5, 0.6) is 0 Å². The van der Waals surface area contributed by atoms with Gasteiger partial charge in [-0.05, 0) is 36.0 Å². The summed E-state index contributed by atoms with van der Waals surface area (Å²) < 4.78 is 0. The standard InChI is InChI=1S/C16H9ClN4O3S/c17-9-1-2-10-11(5-9)20-16(19-10)25-13-4-3-12(21(23)24)14-8(7-22)6-18-15(13)14/h1-7,18H,(H,19,20). The number of carbonyl (C=O) groups is 1. The molecule has 0 spiro atoms. The quantitative estimate of drug-likeness (QED) is 0.310. The van der Waals surface area contributed by atoms with Crippen LogP contribution in [-0.2, 0) is 0 Å². The first-order valence-electron chi connectivity index (χ1n) is 7.13. The summed E-state index contributed by atoms with van der Waals surface area (Å²) in [5.74, 6) is 0. The molecule has 2 heterocycles. The van der Waals surface area contributed by atoms with Crippen LogP contribution < -0.4 is 0 Å². The second-order valence-electron chi connectivity index (χ2n) is 5.26. The summed E-state index contributed by atoms with van der Waals surface area (Å²) in [6.45, 7) is 0. The zero-order chi connectivity index (χ0) is 17.6. The summed E-state index contributed by atoms with van der Waals surface area (Å²) in [5.41, 5.74) is 2.23. The number of aromatic amines is 2. The maximum absolute atomic E-state index is 11.2. The number of non-ortho nitro benzene ring substituents is 1.